The highest BCUT2D eigenvalue weighted by atomic mass is 16.5. The second-order valence-corrected chi connectivity index (χ2v) is 9.11. The first-order valence-electron chi connectivity index (χ1n) is 8.80. The van der Waals surface area contributed by atoms with Crippen LogP contribution in [0.3, 0.4) is 0 Å². The first kappa shape index (κ1) is 14.6. The highest BCUT2D eigenvalue weighted by Gasteiger charge is 2.59. The standard InChI is InChI=1S/C20H29NO/c1-18-8-16-9-19(2,12-18)14-20(10-16,13-18)21-11-15-4-6-17(22-3)7-5-15/h4-7,16,21H,8-14H2,1-3H3/t16?,18-,19+,20?. The van der Waals surface area contributed by atoms with Crippen LogP contribution in [0.25, 0.3) is 0 Å². The third-order valence-electron chi connectivity index (χ3n) is 6.45. The molecule has 2 nitrogen and oxygen atoms in total. The molecular formula is C20H29NO. The quantitative estimate of drug-likeness (QED) is 0.881. The van der Waals surface area contributed by atoms with Gasteiger partial charge in [0.25, 0.3) is 0 Å². The van der Waals surface area contributed by atoms with Crippen LogP contribution in [-0.4, -0.2) is 12.6 Å². The summed E-state index contributed by atoms with van der Waals surface area (Å²) in [6.45, 7) is 6.07. The summed E-state index contributed by atoms with van der Waals surface area (Å²) in [6.07, 6.45) is 8.53. The zero-order valence-electron chi connectivity index (χ0n) is 14.2. The Morgan fingerprint density at radius 1 is 1.00 bits per heavy atom. The lowest BCUT2D eigenvalue weighted by Gasteiger charge is -2.65. The molecule has 120 valence electrons. The van der Waals surface area contributed by atoms with Crippen LogP contribution in [-0.2, 0) is 6.54 Å². The Hall–Kier alpha value is -1.02. The molecule has 0 saturated heterocycles. The molecule has 1 aromatic rings. The SMILES string of the molecule is COc1ccc(CNC23CC4C[C@@](C)(C2)C[C@](C)(C4)C3)cc1. The Morgan fingerprint density at radius 3 is 2.18 bits per heavy atom. The Morgan fingerprint density at radius 2 is 1.64 bits per heavy atom. The maximum Gasteiger partial charge on any atom is 0.118 e. The molecule has 1 aromatic carbocycles. The van der Waals surface area contributed by atoms with Gasteiger partial charge in [-0.15, -0.1) is 0 Å². The van der Waals surface area contributed by atoms with Gasteiger partial charge in [-0.1, -0.05) is 26.0 Å². The molecule has 22 heavy (non-hydrogen) atoms. The molecule has 2 unspecified atom stereocenters. The minimum Gasteiger partial charge on any atom is -0.497 e. The molecule has 0 spiro atoms. The highest BCUT2D eigenvalue weighted by molar-refractivity contribution is 5.27. The van der Waals surface area contributed by atoms with E-state index in [4.69, 9.17) is 4.74 Å². The summed E-state index contributed by atoms with van der Waals surface area (Å²) in [4.78, 5) is 0. The van der Waals surface area contributed by atoms with Gasteiger partial charge in [-0.3, -0.25) is 0 Å². The van der Waals surface area contributed by atoms with Crippen molar-refractivity contribution in [3.8, 4) is 5.75 Å². The van der Waals surface area contributed by atoms with E-state index in [0.29, 0.717) is 16.4 Å². The molecule has 0 aliphatic heterocycles. The summed E-state index contributed by atoms with van der Waals surface area (Å²) in [5.74, 6) is 1.90. The Bertz CT molecular complexity index is 546. The van der Waals surface area contributed by atoms with Gasteiger partial charge in [0.15, 0.2) is 0 Å². The van der Waals surface area contributed by atoms with E-state index in [1.54, 1.807) is 7.11 Å². The lowest BCUT2D eigenvalue weighted by molar-refractivity contribution is -0.118. The van der Waals surface area contributed by atoms with E-state index in [2.05, 4.69) is 43.4 Å². The first-order valence-corrected chi connectivity index (χ1v) is 8.80. The molecule has 4 aliphatic rings. The maximum atomic E-state index is 5.25. The van der Waals surface area contributed by atoms with Gasteiger partial charge in [0.05, 0.1) is 7.11 Å². The van der Waals surface area contributed by atoms with E-state index < -0.39 is 0 Å². The van der Waals surface area contributed by atoms with Crippen LogP contribution in [0.4, 0.5) is 0 Å². The van der Waals surface area contributed by atoms with Crippen LogP contribution >= 0.6 is 0 Å². The Balaban J connectivity index is 1.50. The van der Waals surface area contributed by atoms with Gasteiger partial charge in [-0.05, 0) is 73.0 Å². The number of rotatable bonds is 4. The molecule has 1 N–H and O–H groups in total. The zero-order valence-corrected chi connectivity index (χ0v) is 14.2. The number of ether oxygens (including phenoxy) is 1. The zero-order chi connectivity index (χ0) is 15.4. The van der Waals surface area contributed by atoms with Crippen molar-refractivity contribution in [3.05, 3.63) is 29.8 Å². The molecule has 2 heteroatoms. The fourth-order valence-corrected chi connectivity index (χ4v) is 6.68. The molecule has 0 aromatic heterocycles. The lowest BCUT2D eigenvalue weighted by atomic mass is 9.43. The van der Waals surface area contributed by atoms with Crippen LogP contribution in [0.1, 0.15) is 57.9 Å². The van der Waals surface area contributed by atoms with Gasteiger partial charge in [0.1, 0.15) is 5.75 Å². The average molecular weight is 299 g/mol. The number of hydrogen-bond acceptors (Lipinski definition) is 2. The summed E-state index contributed by atoms with van der Waals surface area (Å²) in [5, 5.41) is 3.99. The topological polar surface area (TPSA) is 21.3 Å². The van der Waals surface area contributed by atoms with Crippen LogP contribution in [0, 0.1) is 16.7 Å². The fraction of sp³-hybridized carbons (Fsp3) is 0.700. The molecule has 4 saturated carbocycles. The van der Waals surface area contributed by atoms with Gasteiger partial charge in [-0.25, -0.2) is 0 Å². The normalized spacial score (nSPS) is 42.6. The van der Waals surface area contributed by atoms with Crippen molar-refractivity contribution in [3.63, 3.8) is 0 Å². The molecule has 4 atom stereocenters. The third-order valence-corrected chi connectivity index (χ3v) is 6.45. The molecule has 4 bridgehead atoms. The smallest absolute Gasteiger partial charge is 0.118 e. The number of nitrogens with one attached hydrogen (secondary N) is 1. The van der Waals surface area contributed by atoms with Crippen molar-refractivity contribution >= 4 is 0 Å². The minimum atomic E-state index is 0.392. The van der Waals surface area contributed by atoms with E-state index in [-0.39, 0.29) is 0 Å². The van der Waals surface area contributed by atoms with Crippen molar-refractivity contribution < 1.29 is 4.74 Å². The van der Waals surface area contributed by atoms with E-state index in [0.717, 1.165) is 18.2 Å². The van der Waals surface area contributed by atoms with Crippen molar-refractivity contribution in [2.45, 2.75) is 64.5 Å². The van der Waals surface area contributed by atoms with Gasteiger partial charge in [0, 0.05) is 12.1 Å². The van der Waals surface area contributed by atoms with Gasteiger partial charge in [-0.2, -0.15) is 0 Å². The molecule has 5 rings (SSSR count). The predicted octanol–water partition coefficient (Wildman–Crippen LogP) is 4.53. The van der Waals surface area contributed by atoms with E-state index >= 15 is 0 Å². The number of benzene rings is 1. The van der Waals surface area contributed by atoms with Crippen molar-refractivity contribution in [1.82, 2.24) is 5.32 Å². The summed E-state index contributed by atoms with van der Waals surface area (Å²) < 4.78 is 5.25. The average Bonchev–Trinajstić information content (AvgIpc) is 2.42. The summed E-state index contributed by atoms with van der Waals surface area (Å²) in [7, 11) is 1.73. The summed E-state index contributed by atoms with van der Waals surface area (Å²) in [6, 6.07) is 8.52. The third kappa shape index (κ3) is 2.46. The predicted molar refractivity (Wildman–Crippen MR) is 90.0 cm³/mol. The van der Waals surface area contributed by atoms with E-state index in [9.17, 15) is 0 Å². The van der Waals surface area contributed by atoms with Crippen molar-refractivity contribution in [1.29, 1.82) is 0 Å². The Labute approximate surface area is 134 Å². The molecule has 0 amide bonds. The van der Waals surface area contributed by atoms with Crippen LogP contribution in [0.5, 0.6) is 5.75 Å². The maximum absolute atomic E-state index is 5.25. The van der Waals surface area contributed by atoms with Crippen LogP contribution in [0.2, 0.25) is 0 Å². The minimum absolute atomic E-state index is 0.392. The van der Waals surface area contributed by atoms with Crippen LogP contribution < -0.4 is 10.1 Å². The second kappa shape index (κ2) is 4.74. The molecule has 4 fully saturated rings. The molecule has 0 radical (unpaired) electrons. The highest BCUT2D eigenvalue weighted by Crippen LogP contribution is 2.66. The molecule has 4 aliphatic carbocycles. The molecular weight excluding hydrogens is 270 g/mol. The monoisotopic (exact) mass is 299 g/mol. The van der Waals surface area contributed by atoms with Crippen molar-refractivity contribution in [2.24, 2.45) is 16.7 Å². The number of methoxy groups -OCH3 is 1. The second-order valence-electron chi connectivity index (χ2n) is 9.11. The largest absolute Gasteiger partial charge is 0.497 e. The van der Waals surface area contributed by atoms with Gasteiger partial charge >= 0.3 is 0 Å². The van der Waals surface area contributed by atoms with E-state index in [1.165, 1.54) is 44.1 Å². The first-order chi connectivity index (χ1) is 10.4. The van der Waals surface area contributed by atoms with Gasteiger partial charge < -0.3 is 10.1 Å². The lowest BCUT2D eigenvalue weighted by Crippen LogP contribution is -2.63. The Kier molecular flexibility index (Phi) is 3.14. The van der Waals surface area contributed by atoms with E-state index in [1.807, 2.05) is 0 Å². The van der Waals surface area contributed by atoms with Gasteiger partial charge in [0.2, 0.25) is 0 Å². The number of hydrogen-bond donors (Lipinski definition) is 1. The summed E-state index contributed by atoms with van der Waals surface area (Å²) in [5.41, 5.74) is 2.93. The fourth-order valence-electron chi connectivity index (χ4n) is 6.68. The molecule has 0 heterocycles. The van der Waals surface area contributed by atoms with Crippen LogP contribution in [0.15, 0.2) is 24.3 Å². The summed E-state index contributed by atoms with van der Waals surface area (Å²) >= 11 is 0. The van der Waals surface area contributed by atoms with Crippen molar-refractivity contribution in [2.75, 3.05) is 7.11 Å².